The van der Waals surface area contributed by atoms with Gasteiger partial charge in [-0.05, 0) is 56.5 Å². The fourth-order valence-corrected chi connectivity index (χ4v) is 4.07. The number of nitrogens with one attached hydrogen (secondary N) is 1. The number of carbonyl (C=O) groups is 2. The molecule has 0 aromatic heterocycles. The van der Waals surface area contributed by atoms with Crippen LogP contribution in [-0.4, -0.2) is 35.4 Å². The summed E-state index contributed by atoms with van der Waals surface area (Å²) in [6.07, 6.45) is 0.645. The molecule has 0 spiro atoms. The highest BCUT2D eigenvalue weighted by Crippen LogP contribution is 2.20. The fourth-order valence-electron chi connectivity index (χ4n) is 4.07. The van der Waals surface area contributed by atoms with Crippen molar-refractivity contribution in [3.8, 4) is 5.75 Å². The first-order valence-corrected chi connectivity index (χ1v) is 12.0. The van der Waals surface area contributed by atoms with E-state index in [2.05, 4.69) is 5.32 Å². The molecule has 0 saturated carbocycles. The second kappa shape index (κ2) is 11.7. The summed E-state index contributed by atoms with van der Waals surface area (Å²) in [6.45, 7) is 8.16. The van der Waals surface area contributed by atoms with E-state index in [0.29, 0.717) is 18.7 Å². The lowest BCUT2D eigenvalue weighted by Gasteiger charge is -2.34. The van der Waals surface area contributed by atoms with Crippen molar-refractivity contribution in [1.29, 1.82) is 0 Å². The van der Waals surface area contributed by atoms with Gasteiger partial charge in [-0.25, -0.2) is 0 Å². The average Bonchev–Trinajstić information content (AvgIpc) is 2.81. The van der Waals surface area contributed by atoms with E-state index in [-0.39, 0.29) is 18.2 Å². The van der Waals surface area contributed by atoms with Crippen LogP contribution in [0.1, 0.15) is 43.0 Å². The maximum Gasteiger partial charge on any atom is 0.243 e. The van der Waals surface area contributed by atoms with Gasteiger partial charge in [0.15, 0.2) is 0 Å². The van der Waals surface area contributed by atoms with Gasteiger partial charge in [-0.3, -0.25) is 9.59 Å². The summed E-state index contributed by atoms with van der Waals surface area (Å²) in [5.74, 6) is 0.456. The molecule has 2 amide bonds. The van der Waals surface area contributed by atoms with Crippen LogP contribution in [0.5, 0.6) is 5.75 Å². The Balaban J connectivity index is 2.00. The molecule has 0 radical (unpaired) electrons. The monoisotopic (exact) mass is 472 g/mol. The van der Waals surface area contributed by atoms with E-state index in [0.717, 1.165) is 22.3 Å². The van der Waals surface area contributed by atoms with Crippen molar-refractivity contribution >= 4 is 11.8 Å². The van der Waals surface area contributed by atoms with Crippen LogP contribution >= 0.6 is 0 Å². The van der Waals surface area contributed by atoms with Crippen molar-refractivity contribution in [2.45, 2.75) is 58.7 Å². The van der Waals surface area contributed by atoms with E-state index in [1.54, 1.807) is 12.0 Å². The van der Waals surface area contributed by atoms with E-state index < -0.39 is 11.6 Å². The summed E-state index contributed by atoms with van der Waals surface area (Å²) in [5, 5.41) is 3.10. The van der Waals surface area contributed by atoms with Crippen LogP contribution in [0, 0.1) is 6.92 Å². The summed E-state index contributed by atoms with van der Waals surface area (Å²) in [4.78, 5) is 29.1. The number of methoxy groups -OCH3 is 1. The lowest BCUT2D eigenvalue weighted by Crippen LogP contribution is -2.54. The molecule has 0 fully saturated rings. The molecule has 1 atom stereocenters. The Morgan fingerprint density at radius 1 is 0.886 bits per heavy atom. The van der Waals surface area contributed by atoms with Crippen LogP contribution in [0.25, 0.3) is 0 Å². The molecular formula is C30H36N2O3. The van der Waals surface area contributed by atoms with Crippen molar-refractivity contribution < 1.29 is 14.3 Å². The lowest BCUT2D eigenvalue weighted by atomic mass is 9.99. The minimum absolute atomic E-state index is 0.0941. The van der Waals surface area contributed by atoms with E-state index >= 15 is 0 Å². The van der Waals surface area contributed by atoms with Crippen LogP contribution in [0.2, 0.25) is 0 Å². The maximum atomic E-state index is 13.8. The molecule has 3 rings (SSSR count). The van der Waals surface area contributed by atoms with Crippen molar-refractivity contribution in [3.63, 3.8) is 0 Å². The van der Waals surface area contributed by atoms with Gasteiger partial charge in [-0.15, -0.1) is 0 Å². The average molecular weight is 473 g/mol. The Morgan fingerprint density at radius 2 is 1.54 bits per heavy atom. The number of aryl methyl sites for hydroxylation is 1. The van der Waals surface area contributed by atoms with Crippen LogP contribution < -0.4 is 10.1 Å². The van der Waals surface area contributed by atoms with Gasteiger partial charge in [-0.2, -0.15) is 0 Å². The maximum absolute atomic E-state index is 13.8. The molecule has 5 nitrogen and oxygen atoms in total. The molecule has 0 heterocycles. The third-order valence-electron chi connectivity index (χ3n) is 5.69. The molecule has 3 aromatic rings. The largest absolute Gasteiger partial charge is 0.497 e. The van der Waals surface area contributed by atoms with Crippen LogP contribution in [-0.2, 0) is 29.0 Å². The predicted octanol–water partition coefficient (Wildman–Crippen LogP) is 5.10. The van der Waals surface area contributed by atoms with Gasteiger partial charge < -0.3 is 15.0 Å². The molecule has 0 saturated heterocycles. The lowest BCUT2D eigenvalue weighted by molar-refractivity contribution is -0.141. The minimum atomic E-state index is -0.667. The van der Waals surface area contributed by atoms with Crippen molar-refractivity contribution in [2.24, 2.45) is 0 Å². The molecule has 184 valence electrons. The van der Waals surface area contributed by atoms with Crippen molar-refractivity contribution in [3.05, 3.63) is 101 Å². The van der Waals surface area contributed by atoms with Crippen molar-refractivity contribution in [1.82, 2.24) is 10.2 Å². The number of nitrogens with zero attached hydrogens (tertiary/aromatic N) is 1. The smallest absolute Gasteiger partial charge is 0.243 e. The Hall–Kier alpha value is -3.60. The number of ether oxygens (including phenoxy) is 1. The molecule has 1 N–H and O–H groups in total. The number of rotatable bonds is 9. The van der Waals surface area contributed by atoms with E-state index in [1.807, 2.05) is 107 Å². The second-order valence-corrected chi connectivity index (χ2v) is 9.98. The molecular weight excluding hydrogens is 436 g/mol. The highest BCUT2D eigenvalue weighted by Gasteiger charge is 2.32. The first kappa shape index (κ1) is 26.0. The van der Waals surface area contributed by atoms with Crippen molar-refractivity contribution in [2.75, 3.05) is 7.11 Å². The first-order valence-electron chi connectivity index (χ1n) is 12.0. The first-order chi connectivity index (χ1) is 16.6. The molecule has 0 aliphatic rings. The number of benzene rings is 3. The summed E-state index contributed by atoms with van der Waals surface area (Å²) in [5.41, 5.74) is 3.51. The van der Waals surface area contributed by atoms with Crippen LogP contribution in [0.15, 0.2) is 78.9 Å². The number of carbonyl (C=O) groups excluding carboxylic acids is 2. The number of amides is 2. The van der Waals surface area contributed by atoms with Gasteiger partial charge in [-0.1, -0.05) is 72.3 Å². The summed E-state index contributed by atoms with van der Waals surface area (Å²) >= 11 is 0. The van der Waals surface area contributed by atoms with Gasteiger partial charge in [0.25, 0.3) is 0 Å². The fraction of sp³-hybridized carbons (Fsp3) is 0.333. The van der Waals surface area contributed by atoms with Gasteiger partial charge in [0.1, 0.15) is 11.8 Å². The van der Waals surface area contributed by atoms with Gasteiger partial charge >= 0.3 is 0 Å². The molecule has 0 bridgehead atoms. The normalized spacial score (nSPS) is 12.0. The standard InChI is InChI=1S/C30H36N2O3/c1-22-11-9-14-24(17-22)20-28(33)32(21-25-15-10-16-26(18-25)35-5)27(29(34)31-30(2,3)4)19-23-12-7-6-8-13-23/h6-18,27H,19-21H2,1-5H3,(H,31,34)/t27-/m1/s1. The SMILES string of the molecule is COc1cccc(CN(C(=O)Cc2cccc(C)c2)[C@H](Cc2ccccc2)C(=O)NC(C)(C)C)c1. The second-order valence-electron chi connectivity index (χ2n) is 9.98. The zero-order chi connectivity index (χ0) is 25.4. The van der Waals surface area contributed by atoms with Gasteiger partial charge in [0.2, 0.25) is 11.8 Å². The third kappa shape index (κ3) is 7.99. The summed E-state index contributed by atoms with van der Waals surface area (Å²) < 4.78 is 5.39. The Labute approximate surface area is 209 Å². The van der Waals surface area contributed by atoms with Gasteiger partial charge in [0.05, 0.1) is 13.5 Å². The molecule has 5 heteroatoms. The molecule has 0 aliphatic carbocycles. The van der Waals surface area contributed by atoms with E-state index in [4.69, 9.17) is 4.74 Å². The van der Waals surface area contributed by atoms with E-state index in [1.165, 1.54) is 0 Å². The zero-order valence-electron chi connectivity index (χ0n) is 21.4. The van der Waals surface area contributed by atoms with Crippen LogP contribution in [0.4, 0.5) is 0 Å². The third-order valence-corrected chi connectivity index (χ3v) is 5.69. The van der Waals surface area contributed by atoms with Gasteiger partial charge in [0, 0.05) is 18.5 Å². The summed E-state index contributed by atoms with van der Waals surface area (Å²) in [7, 11) is 1.62. The number of hydrogen-bond acceptors (Lipinski definition) is 3. The quantitative estimate of drug-likeness (QED) is 0.471. The summed E-state index contributed by atoms with van der Waals surface area (Å²) in [6, 6.07) is 24.8. The molecule has 35 heavy (non-hydrogen) atoms. The topological polar surface area (TPSA) is 58.6 Å². The highest BCUT2D eigenvalue weighted by molar-refractivity contribution is 5.89. The Morgan fingerprint density at radius 3 is 2.20 bits per heavy atom. The Bertz CT molecular complexity index is 1140. The zero-order valence-corrected chi connectivity index (χ0v) is 21.4. The predicted molar refractivity (Wildman–Crippen MR) is 140 cm³/mol. The molecule has 3 aromatic carbocycles. The Kier molecular flexibility index (Phi) is 8.69. The number of hydrogen-bond donors (Lipinski definition) is 1. The van der Waals surface area contributed by atoms with Crippen LogP contribution in [0.3, 0.4) is 0 Å². The minimum Gasteiger partial charge on any atom is -0.497 e. The highest BCUT2D eigenvalue weighted by atomic mass is 16.5. The van der Waals surface area contributed by atoms with E-state index in [9.17, 15) is 9.59 Å². The molecule has 0 unspecified atom stereocenters. The molecule has 0 aliphatic heterocycles.